The number of Topliss-reactive ketones (excluding diaryl/α,β-unsaturated/α-hetero) is 1. The first kappa shape index (κ1) is 20.9. The lowest BCUT2D eigenvalue weighted by Gasteiger charge is -2.30. The van der Waals surface area contributed by atoms with Crippen LogP contribution >= 0.6 is 0 Å². The zero-order valence-electron chi connectivity index (χ0n) is 17.4. The first-order valence-corrected chi connectivity index (χ1v) is 10.3. The van der Waals surface area contributed by atoms with Crippen LogP contribution in [0.15, 0.2) is 48.5 Å². The van der Waals surface area contributed by atoms with Crippen molar-refractivity contribution in [2.24, 2.45) is 5.92 Å². The molecule has 0 heterocycles. The topological polar surface area (TPSA) is 55.8 Å². The lowest BCUT2D eigenvalue weighted by atomic mass is 10.0. The SMILES string of the molecule is CCOc1ccc(C(=O)CCC(=O)N(c2ccc(OC)cc2)C(C)C2CC2)cc1. The molecule has 29 heavy (non-hydrogen) atoms. The molecule has 0 N–H and O–H groups in total. The molecular formula is C24H29NO4. The molecule has 2 aromatic carbocycles. The van der Waals surface area contributed by atoms with E-state index in [-0.39, 0.29) is 30.6 Å². The zero-order chi connectivity index (χ0) is 20.8. The Morgan fingerprint density at radius 1 is 1.00 bits per heavy atom. The van der Waals surface area contributed by atoms with E-state index in [9.17, 15) is 9.59 Å². The van der Waals surface area contributed by atoms with E-state index < -0.39 is 0 Å². The van der Waals surface area contributed by atoms with Crippen LogP contribution in [0.1, 0.15) is 49.9 Å². The maximum Gasteiger partial charge on any atom is 0.227 e. The Morgan fingerprint density at radius 3 is 2.17 bits per heavy atom. The molecule has 5 heteroatoms. The summed E-state index contributed by atoms with van der Waals surface area (Å²) in [4.78, 5) is 27.5. The van der Waals surface area contributed by atoms with Crippen molar-refractivity contribution in [2.45, 2.75) is 45.6 Å². The smallest absolute Gasteiger partial charge is 0.227 e. The van der Waals surface area contributed by atoms with Crippen molar-refractivity contribution < 1.29 is 19.1 Å². The summed E-state index contributed by atoms with van der Waals surface area (Å²) < 4.78 is 10.6. The molecule has 0 aromatic heterocycles. The van der Waals surface area contributed by atoms with E-state index in [2.05, 4.69) is 6.92 Å². The Balaban J connectivity index is 1.66. The first-order chi connectivity index (χ1) is 14.0. The highest BCUT2D eigenvalue weighted by Crippen LogP contribution is 2.37. The predicted molar refractivity (Wildman–Crippen MR) is 114 cm³/mol. The summed E-state index contributed by atoms with van der Waals surface area (Å²) in [6, 6.07) is 14.7. The molecule has 5 nitrogen and oxygen atoms in total. The monoisotopic (exact) mass is 395 g/mol. The Bertz CT molecular complexity index is 825. The predicted octanol–water partition coefficient (Wildman–Crippen LogP) is 4.89. The fourth-order valence-electron chi connectivity index (χ4n) is 3.53. The fourth-order valence-corrected chi connectivity index (χ4v) is 3.53. The molecule has 1 fully saturated rings. The minimum absolute atomic E-state index is 0.0196. The molecule has 0 bridgehead atoms. The highest BCUT2D eigenvalue weighted by molar-refractivity contribution is 6.01. The molecule has 0 aliphatic heterocycles. The number of ketones is 1. The number of benzene rings is 2. The third-order valence-corrected chi connectivity index (χ3v) is 5.38. The van der Waals surface area contributed by atoms with Crippen molar-refractivity contribution in [2.75, 3.05) is 18.6 Å². The van der Waals surface area contributed by atoms with Gasteiger partial charge in [0, 0.05) is 30.1 Å². The van der Waals surface area contributed by atoms with Crippen LogP contribution in [0.2, 0.25) is 0 Å². The number of anilines is 1. The van der Waals surface area contributed by atoms with E-state index >= 15 is 0 Å². The van der Waals surface area contributed by atoms with Gasteiger partial charge < -0.3 is 14.4 Å². The lowest BCUT2D eigenvalue weighted by molar-refractivity contribution is -0.119. The average Bonchev–Trinajstić information content (AvgIpc) is 3.59. The summed E-state index contributed by atoms with van der Waals surface area (Å²) in [5.74, 6) is 1.97. The summed E-state index contributed by atoms with van der Waals surface area (Å²) in [6.07, 6.45) is 2.67. The Morgan fingerprint density at radius 2 is 1.62 bits per heavy atom. The van der Waals surface area contributed by atoms with Crippen LogP contribution in [0.5, 0.6) is 11.5 Å². The second-order valence-corrected chi connectivity index (χ2v) is 7.42. The van der Waals surface area contributed by atoms with Gasteiger partial charge in [-0.3, -0.25) is 9.59 Å². The van der Waals surface area contributed by atoms with Crippen molar-refractivity contribution >= 4 is 17.4 Å². The van der Waals surface area contributed by atoms with Crippen molar-refractivity contribution in [1.82, 2.24) is 0 Å². The standard InChI is InChI=1S/C24H29NO4/c1-4-29-22-11-7-19(8-12-22)23(26)15-16-24(27)25(17(2)18-5-6-18)20-9-13-21(28-3)14-10-20/h7-14,17-18H,4-6,15-16H2,1-3H3. The number of carbonyl (C=O) groups excluding carboxylic acids is 2. The number of ether oxygens (including phenoxy) is 2. The van der Waals surface area contributed by atoms with Crippen molar-refractivity contribution in [3.05, 3.63) is 54.1 Å². The molecule has 0 saturated heterocycles. The highest BCUT2D eigenvalue weighted by atomic mass is 16.5. The largest absolute Gasteiger partial charge is 0.497 e. The Hall–Kier alpha value is -2.82. The summed E-state index contributed by atoms with van der Waals surface area (Å²) in [7, 11) is 1.62. The van der Waals surface area contributed by atoms with E-state index in [4.69, 9.17) is 9.47 Å². The molecule has 0 spiro atoms. The van der Waals surface area contributed by atoms with Crippen LogP contribution in [0.3, 0.4) is 0 Å². The summed E-state index contributed by atoms with van der Waals surface area (Å²) in [5, 5.41) is 0. The summed E-state index contributed by atoms with van der Waals surface area (Å²) in [6.45, 7) is 4.60. The van der Waals surface area contributed by atoms with Gasteiger partial charge >= 0.3 is 0 Å². The molecule has 1 saturated carbocycles. The molecule has 0 radical (unpaired) electrons. The van der Waals surface area contributed by atoms with Crippen LogP contribution < -0.4 is 14.4 Å². The lowest BCUT2D eigenvalue weighted by Crippen LogP contribution is -2.40. The first-order valence-electron chi connectivity index (χ1n) is 10.3. The van der Waals surface area contributed by atoms with Crippen LogP contribution in [-0.2, 0) is 4.79 Å². The molecule has 2 aromatic rings. The average molecular weight is 395 g/mol. The Labute approximate surface area is 172 Å². The van der Waals surface area contributed by atoms with Gasteiger partial charge in [-0.2, -0.15) is 0 Å². The molecular weight excluding hydrogens is 366 g/mol. The van der Waals surface area contributed by atoms with E-state index in [0.29, 0.717) is 18.1 Å². The maximum atomic E-state index is 13.1. The molecule has 3 rings (SSSR count). The Kier molecular flexibility index (Phi) is 6.91. The maximum absolute atomic E-state index is 13.1. The quantitative estimate of drug-likeness (QED) is 0.538. The molecule has 1 amide bonds. The van der Waals surface area contributed by atoms with E-state index in [0.717, 1.165) is 30.0 Å². The van der Waals surface area contributed by atoms with Gasteiger partial charge in [-0.1, -0.05) is 0 Å². The number of methoxy groups -OCH3 is 1. The third kappa shape index (κ3) is 5.37. The van der Waals surface area contributed by atoms with Crippen LogP contribution in [0, 0.1) is 5.92 Å². The van der Waals surface area contributed by atoms with Gasteiger partial charge in [0.15, 0.2) is 5.78 Å². The minimum atomic E-state index is -0.0323. The number of rotatable bonds is 10. The van der Waals surface area contributed by atoms with Crippen LogP contribution in [0.25, 0.3) is 0 Å². The second kappa shape index (κ2) is 9.59. The van der Waals surface area contributed by atoms with E-state index in [1.165, 1.54) is 0 Å². The molecule has 1 aliphatic carbocycles. The normalized spacial score (nSPS) is 14.2. The van der Waals surface area contributed by atoms with Crippen molar-refractivity contribution in [3.63, 3.8) is 0 Å². The number of carbonyl (C=O) groups is 2. The highest BCUT2D eigenvalue weighted by Gasteiger charge is 2.35. The van der Waals surface area contributed by atoms with Gasteiger partial charge in [-0.05, 0) is 81.1 Å². The third-order valence-electron chi connectivity index (χ3n) is 5.38. The molecule has 154 valence electrons. The van der Waals surface area contributed by atoms with Gasteiger partial charge in [0.25, 0.3) is 0 Å². The van der Waals surface area contributed by atoms with Gasteiger partial charge in [-0.15, -0.1) is 0 Å². The van der Waals surface area contributed by atoms with Crippen LogP contribution in [-0.4, -0.2) is 31.4 Å². The van der Waals surface area contributed by atoms with E-state index in [1.807, 2.05) is 36.1 Å². The summed E-state index contributed by atoms with van der Waals surface area (Å²) >= 11 is 0. The zero-order valence-corrected chi connectivity index (χ0v) is 17.4. The number of nitrogens with zero attached hydrogens (tertiary/aromatic N) is 1. The van der Waals surface area contributed by atoms with Gasteiger partial charge in [0.05, 0.1) is 13.7 Å². The fraction of sp³-hybridized carbons (Fsp3) is 0.417. The minimum Gasteiger partial charge on any atom is -0.497 e. The molecule has 1 aliphatic rings. The van der Waals surface area contributed by atoms with Crippen molar-refractivity contribution in [3.8, 4) is 11.5 Å². The van der Waals surface area contributed by atoms with E-state index in [1.54, 1.807) is 31.4 Å². The number of hydrogen-bond acceptors (Lipinski definition) is 4. The number of amides is 1. The molecule has 1 unspecified atom stereocenters. The van der Waals surface area contributed by atoms with Gasteiger partial charge in [-0.25, -0.2) is 0 Å². The van der Waals surface area contributed by atoms with Gasteiger partial charge in [0.1, 0.15) is 11.5 Å². The molecule has 1 atom stereocenters. The summed E-state index contributed by atoms with van der Waals surface area (Å²) in [5.41, 5.74) is 1.45. The van der Waals surface area contributed by atoms with Gasteiger partial charge in [0.2, 0.25) is 5.91 Å². The van der Waals surface area contributed by atoms with Crippen LogP contribution in [0.4, 0.5) is 5.69 Å². The van der Waals surface area contributed by atoms with Crippen molar-refractivity contribution in [1.29, 1.82) is 0 Å². The number of hydrogen-bond donors (Lipinski definition) is 0. The second-order valence-electron chi connectivity index (χ2n) is 7.42.